The van der Waals surface area contributed by atoms with Crippen molar-refractivity contribution in [1.82, 2.24) is 4.90 Å². The van der Waals surface area contributed by atoms with Crippen molar-refractivity contribution in [1.29, 1.82) is 0 Å². The van der Waals surface area contributed by atoms with Crippen LogP contribution in [-0.4, -0.2) is 31.0 Å². The summed E-state index contributed by atoms with van der Waals surface area (Å²) in [6.07, 6.45) is 0.934. The van der Waals surface area contributed by atoms with E-state index in [0.29, 0.717) is 23.5 Å². The Balaban J connectivity index is 3.02. The monoisotopic (exact) mass is 236 g/mol. The highest BCUT2D eigenvalue weighted by molar-refractivity contribution is 6.00. The zero-order valence-electron chi connectivity index (χ0n) is 10.7. The molecule has 1 amide bonds. The molecule has 0 unspecified atom stereocenters. The number of carbonyl (C=O) groups excluding carboxylic acids is 1. The van der Waals surface area contributed by atoms with Gasteiger partial charge in [-0.05, 0) is 25.5 Å². The minimum Gasteiger partial charge on any atom is -0.495 e. The predicted octanol–water partition coefficient (Wildman–Crippen LogP) is 2.15. The van der Waals surface area contributed by atoms with Gasteiger partial charge in [0.2, 0.25) is 0 Å². The minimum atomic E-state index is -0.0363. The fourth-order valence-corrected chi connectivity index (χ4v) is 1.75. The SMILES string of the molecule is CCCN(CC)C(=O)c1cccc(OC)c1N. The highest BCUT2D eigenvalue weighted by atomic mass is 16.5. The largest absolute Gasteiger partial charge is 0.495 e. The molecular weight excluding hydrogens is 216 g/mol. The molecule has 0 atom stereocenters. The number of nitrogens with zero attached hydrogens (tertiary/aromatic N) is 1. The number of para-hydroxylation sites is 1. The van der Waals surface area contributed by atoms with E-state index in [0.717, 1.165) is 13.0 Å². The Hall–Kier alpha value is -1.71. The molecule has 4 heteroatoms. The molecule has 17 heavy (non-hydrogen) atoms. The van der Waals surface area contributed by atoms with Crippen LogP contribution in [0.1, 0.15) is 30.6 Å². The van der Waals surface area contributed by atoms with Crippen LogP contribution in [0.15, 0.2) is 18.2 Å². The molecule has 0 fully saturated rings. The normalized spacial score (nSPS) is 10.1. The highest BCUT2D eigenvalue weighted by Crippen LogP contribution is 2.25. The van der Waals surface area contributed by atoms with Crippen LogP contribution in [-0.2, 0) is 0 Å². The number of hydrogen-bond acceptors (Lipinski definition) is 3. The maximum absolute atomic E-state index is 12.2. The van der Waals surface area contributed by atoms with E-state index in [-0.39, 0.29) is 5.91 Å². The van der Waals surface area contributed by atoms with Gasteiger partial charge in [0.05, 0.1) is 18.4 Å². The quantitative estimate of drug-likeness (QED) is 0.797. The van der Waals surface area contributed by atoms with E-state index in [4.69, 9.17) is 10.5 Å². The summed E-state index contributed by atoms with van der Waals surface area (Å²) < 4.78 is 5.11. The summed E-state index contributed by atoms with van der Waals surface area (Å²) in [4.78, 5) is 14.0. The zero-order chi connectivity index (χ0) is 12.8. The lowest BCUT2D eigenvalue weighted by Gasteiger charge is -2.21. The van der Waals surface area contributed by atoms with Crippen LogP contribution in [0.4, 0.5) is 5.69 Å². The molecule has 0 radical (unpaired) electrons. The van der Waals surface area contributed by atoms with Crippen molar-refractivity contribution in [2.24, 2.45) is 0 Å². The van der Waals surface area contributed by atoms with Crippen LogP contribution in [0.25, 0.3) is 0 Å². The number of rotatable bonds is 5. The Morgan fingerprint density at radius 1 is 1.41 bits per heavy atom. The summed E-state index contributed by atoms with van der Waals surface area (Å²) in [5.41, 5.74) is 6.84. The molecule has 0 bridgehead atoms. The fraction of sp³-hybridized carbons (Fsp3) is 0.462. The molecule has 1 aromatic rings. The maximum Gasteiger partial charge on any atom is 0.256 e. The Kier molecular flexibility index (Phi) is 4.82. The number of ether oxygens (including phenoxy) is 1. The van der Waals surface area contributed by atoms with Crippen molar-refractivity contribution in [3.05, 3.63) is 23.8 Å². The first-order valence-corrected chi connectivity index (χ1v) is 5.87. The Labute approximate surface area is 102 Å². The molecule has 94 valence electrons. The van der Waals surface area contributed by atoms with Gasteiger partial charge in [-0.15, -0.1) is 0 Å². The third kappa shape index (κ3) is 2.90. The maximum atomic E-state index is 12.2. The Morgan fingerprint density at radius 3 is 2.65 bits per heavy atom. The molecule has 0 saturated heterocycles. The highest BCUT2D eigenvalue weighted by Gasteiger charge is 2.17. The number of nitrogens with two attached hydrogens (primary N) is 1. The van der Waals surface area contributed by atoms with Crippen LogP contribution in [0.2, 0.25) is 0 Å². The van der Waals surface area contributed by atoms with Gasteiger partial charge in [-0.1, -0.05) is 13.0 Å². The second-order valence-electron chi connectivity index (χ2n) is 3.81. The molecule has 1 rings (SSSR count). The van der Waals surface area contributed by atoms with E-state index < -0.39 is 0 Å². The van der Waals surface area contributed by atoms with E-state index in [1.54, 1.807) is 30.2 Å². The molecule has 0 spiro atoms. The molecule has 1 aromatic carbocycles. The van der Waals surface area contributed by atoms with Crippen molar-refractivity contribution >= 4 is 11.6 Å². The first-order valence-electron chi connectivity index (χ1n) is 5.87. The van der Waals surface area contributed by atoms with Gasteiger partial charge in [0.15, 0.2) is 0 Å². The number of amides is 1. The fourth-order valence-electron chi connectivity index (χ4n) is 1.75. The molecule has 0 saturated carbocycles. The summed E-state index contributed by atoms with van der Waals surface area (Å²) in [7, 11) is 1.55. The summed E-state index contributed by atoms with van der Waals surface area (Å²) >= 11 is 0. The standard InChI is InChI=1S/C13H20N2O2/c1-4-9-15(5-2)13(16)10-7-6-8-11(17-3)12(10)14/h6-8H,4-5,9,14H2,1-3H3. The molecular formula is C13H20N2O2. The first kappa shape index (κ1) is 13.4. The van der Waals surface area contributed by atoms with Crippen LogP contribution < -0.4 is 10.5 Å². The molecule has 0 aliphatic rings. The summed E-state index contributed by atoms with van der Waals surface area (Å²) in [5, 5.41) is 0. The van der Waals surface area contributed by atoms with Crippen LogP contribution in [0.5, 0.6) is 5.75 Å². The van der Waals surface area contributed by atoms with Crippen molar-refractivity contribution in [3.63, 3.8) is 0 Å². The lowest BCUT2D eigenvalue weighted by atomic mass is 10.1. The van der Waals surface area contributed by atoms with Crippen LogP contribution in [0, 0.1) is 0 Å². The Morgan fingerprint density at radius 2 is 2.12 bits per heavy atom. The Bertz CT molecular complexity index is 391. The van der Waals surface area contributed by atoms with Gasteiger partial charge >= 0.3 is 0 Å². The van der Waals surface area contributed by atoms with Gasteiger partial charge in [0.1, 0.15) is 5.75 Å². The minimum absolute atomic E-state index is 0.0363. The molecule has 0 aliphatic heterocycles. The molecule has 4 nitrogen and oxygen atoms in total. The van der Waals surface area contributed by atoms with E-state index in [1.165, 1.54) is 0 Å². The number of anilines is 1. The van der Waals surface area contributed by atoms with Gasteiger partial charge in [-0.2, -0.15) is 0 Å². The summed E-state index contributed by atoms with van der Waals surface area (Å²) in [5.74, 6) is 0.508. The van der Waals surface area contributed by atoms with E-state index in [9.17, 15) is 4.79 Å². The number of carbonyl (C=O) groups is 1. The molecule has 2 N–H and O–H groups in total. The second kappa shape index (κ2) is 6.13. The molecule has 0 aromatic heterocycles. The number of nitrogen functional groups attached to an aromatic ring is 1. The topological polar surface area (TPSA) is 55.6 Å². The second-order valence-corrected chi connectivity index (χ2v) is 3.81. The number of methoxy groups -OCH3 is 1. The first-order chi connectivity index (χ1) is 8.15. The number of hydrogen-bond donors (Lipinski definition) is 1. The predicted molar refractivity (Wildman–Crippen MR) is 69.3 cm³/mol. The lowest BCUT2D eigenvalue weighted by Crippen LogP contribution is -2.32. The summed E-state index contributed by atoms with van der Waals surface area (Å²) in [6.45, 7) is 5.43. The van der Waals surface area contributed by atoms with Gasteiger partial charge in [0, 0.05) is 13.1 Å². The van der Waals surface area contributed by atoms with Crippen molar-refractivity contribution in [2.45, 2.75) is 20.3 Å². The van der Waals surface area contributed by atoms with E-state index in [2.05, 4.69) is 0 Å². The van der Waals surface area contributed by atoms with E-state index >= 15 is 0 Å². The molecule has 0 heterocycles. The van der Waals surface area contributed by atoms with Crippen molar-refractivity contribution < 1.29 is 9.53 Å². The van der Waals surface area contributed by atoms with E-state index in [1.807, 2.05) is 13.8 Å². The van der Waals surface area contributed by atoms with Gasteiger partial charge < -0.3 is 15.4 Å². The third-order valence-corrected chi connectivity index (χ3v) is 2.68. The zero-order valence-corrected chi connectivity index (χ0v) is 10.7. The number of benzene rings is 1. The average molecular weight is 236 g/mol. The van der Waals surface area contributed by atoms with Crippen molar-refractivity contribution in [2.75, 3.05) is 25.9 Å². The smallest absolute Gasteiger partial charge is 0.256 e. The third-order valence-electron chi connectivity index (χ3n) is 2.68. The van der Waals surface area contributed by atoms with Crippen molar-refractivity contribution in [3.8, 4) is 5.75 Å². The average Bonchev–Trinajstić information content (AvgIpc) is 2.35. The van der Waals surface area contributed by atoms with Gasteiger partial charge in [0.25, 0.3) is 5.91 Å². The lowest BCUT2D eigenvalue weighted by molar-refractivity contribution is 0.0765. The van der Waals surface area contributed by atoms with Gasteiger partial charge in [-0.25, -0.2) is 0 Å². The van der Waals surface area contributed by atoms with Gasteiger partial charge in [-0.3, -0.25) is 4.79 Å². The van der Waals surface area contributed by atoms with Crippen LogP contribution in [0.3, 0.4) is 0 Å². The summed E-state index contributed by atoms with van der Waals surface area (Å²) in [6, 6.07) is 5.27. The molecule has 0 aliphatic carbocycles. The van der Waals surface area contributed by atoms with Crippen LogP contribution >= 0.6 is 0 Å².